The number of anilines is 1. The van der Waals surface area contributed by atoms with Crippen LogP contribution in [-0.4, -0.2) is 21.9 Å². The Balaban J connectivity index is 1.74. The molecule has 0 aliphatic carbocycles. The number of rotatable bonds is 6. The molecule has 4 rings (SSSR count). The van der Waals surface area contributed by atoms with Gasteiger partial charge in [-0.1, -0.05) is 54.6 Å². The third kappa shape index (κ3) is 4.08. The maximum absolute atomic E-state index is 13.2. The molecule has 0 saturated heterocycles. The van der Waals surface area contributed by atoms with Gasteiger partial charge in [-0.2, -0.15) is 0 Å². The van der Waals surface area contributed by atoms with Gasteiger partial charge in [0.25, 0.3) is 5.91 Å². The normalized spacial score (nSPS) is 16.1. The van der Waals surface area contributed by atoms with Gasteiger partial charge in [-0.25, -0.2) is 0 Å². The van der Waals surface area contributed by atoms with Crippen LogP contribution in [0.25, 0.3) is 0 Å². The van der Waals surface area contributed by atoms with E-state index >= 15 is 0 Å². The lowest BCUT2D eigenvalue weighted by molar-refractivity contribution is -0.118. The number of Topliss-reactive ketones (excluding diaryl/α,β-unsaturated/α-hetero) is 1. The maximum atomic E-state index is 13.2. The van der Waals surface area contributed by atoms with E-state index < -0.39 is 17.7 Å². The molecule has 3 aromatic rings. The molecule has 156 valence electrons. The molecule has 0 fully saturated rings. The van der Waals surface area contributed by atoms with E-state index in [9.17, 15) is 19.8 Å². The number of amides is 1. The molecular formula is C26H23NO4. The minimum absolute atomic E-state index is 0.0246. The molecule has 1 aliphatic rings. The number of phenolic OH excluding ortho intramolecular Hbond substituents is 1. The predicted molar refractivity (Wildman–Crippen MR) is 119 cm³/mol. The molecule has 2 N–H and O–H groups in total. The Morgan fingerprint density at radius 1 is 0.935 bits per heavy atom. The van der Waals surface area contributed by atoms with Crippen molar-refractivity contribution in [3.05, 3.63) is 107 Å². The van der Waals surface area contributed by atoms with E-state index in [1.54, 1.807) is 18.2 Å². The topological polar surface area (TPSA) is 77.8 Å². The van der Waals surface area contributed by atoms with E-state index in [-0.39, 0.29) is 23.5 Å². The number of ketones is 1. The smallest absolute Gasteiger partial charge is 0.294 e. The fourth-order valence-corrected chi connectivity index (χ4v) is 3.98. The molecule has 3 aromatic carbocycles. The number of aromatic hydroxyl groups is 1. The number of aliphatic hydroxyl groups is 1. The highest BCUT2D eigenvalue weighted by Crippen LogP contribution is 2.42. The van der Waals surface area contributed by atoms with Crippen LogP contribution in [0.4, 0.5) is 5.69 Å². The predicted octanol–water partition coefficient (Wildman–Crippen LogP) is 4.80. The molecular weight excluding hydrogens is 390 g/mol. The first kappa shape index (κ1) is 20.4. The number of aliphatic hydroxyl groups excluding tert-OH is 1. The van der Waals surface area contributed by atoms with Crippen molar-refractivity contribution in [2.45, 2.75) is 25.8 Å². The van der Waals surface area contributed by atoms with E-state index in [1.807, 2.05) is 55.5 Å². The molecule has 0 spiro atoms. The Hall–Kier alpha value is -3.86. The van der Waals surface area contributed by atoms with Crippen molar-refractivity contribution in [2.75, 3.05) is 4.90 Å². The van der Waals surface area contributed by atoms with Crippen LogP contribution in [0.2, 0.25) is 0 Å². The second-order valence-corrected chi connectivity index (χ2v) is 7.68. The van der Waals surface area contributed by atoms with Gasteiger partial charge in [-0.3, -0.25) is 14.5 Å². The summed E-state index contributed by atoms with van der Waals surface area (Å²) in [4.78, 5) is 27.7. The number of phenols is 1. The highest BCUT2D eigenvalue weighted by atomic mass is 16.3. The SMILES string of the molecule is Cc1cccc(N2C(=O)C(O)=C(C(=O)CCc3ccccc3)C2c2cccc(O)c2)c1. The first-order valence-electron chi connectivity index (χ1n) is 10.1. The van der Waals surface area contributed by atoms with Crippen molar-refractivity contribution < 1.29 is 19.8 Å². The minimum Gasteiger partial charge on any atom is -0.508 e. The number of aryl methyl sites for hydroxylation is 2. The lowest BCUT2D eigenvalue weighted by Crippen LogP contribution is -2.31. The Morgan fingerprint density at radius 2 is 1.68 bits per heavy atom. The Labute approximate surface area is 180 Å². The third-order valence-electron chi connectivity index (χ3n) is 5.46. The van der Waals surface area contributed by atoms with Crippen molar-refractivity contribution in [1.29, 1.82) is 0 Å². The fourth-order valence-electron chi connectivity index (χ4n) is 3.98. The van der Waals surface area contributed by atoms with Crippen LogP contribution in [0.1, 0.15) is 29.2 Å². The van der Waals surface area contributed by atoms with E-state index in [0.29, 0.717) is 17.7 Å². The summed E-state index contributed by atoms with van der Waals surface area (Å²) in [5.41, 5.74) is 3.15. The van der Waals surface area contributed by atoms with Crippen LogP contribution < -0.4 is 4.90 Å². The van der Waals surface area contributed by atoms with Crippen molar-refractivity contribution in [3.8, 4) is 5.75 Å². The zero-order valence-corrected chi connectivity index (χ0v) is 17.2. The molecule has 1 heterocycles. The van der Waals surface area contributed by atoms with Gasteiger partial charge >= 0.3 is 0 Å². The third-order valence-corrected chi connectivity index (χ3v) is 5.46. The van der Waals surface area contributed by atoms with Gasteiger partial charge in [0.2, 0.25) is 0 Å². The highest BCUT2D eigenvalue weighted by Gasteiger charge is 2.44. The van der Waals surface area contributed by atoms with Gasteiger partial charge in [-0.05, 0) is 54.3 Å². The summed E-state index contributed by atoms with van der Waals surface area (Å²) in [5.74, 6) is -1.43. The average molecular weight is 413 g/mol. The van der Waals surface area contributed by atoms with Gasteiger partial charge in [-0.15, -0.1) is 0 Å². The van der Waals surface area contributed by atoms with Gasteiger partial charge in [0, 0.05) is 12.1 Å². The summed E-state index contributed by atoms with van der Waals surface area (Å²) in [5, 5.41) is 20.7. The summed E-state index contributed by atoms with van der Waals surface area (Å²) in [6.07, 6.45) is 0.662. The van der Waals surface area contributed by atoms with E-state index in [2.05, 4.69) is 0 Å². The van der Waals surface area contributed by atoms with E-state index in [0.717, 1.165) is 11.1 Å². The first-order chi connectivity index (χ1) is 15.0. The van der Waals surface area contributed by atoms with E-state index in [4.69, 9.17) is 0 Å². The molecule has 0 radical (unpaired) electrons. The van der Waals surface area contributed by atoms with Crippen LogP contribution in [-0.2, 0) is 16.0 Å². The van der Waals surface area contributed by atoms with Crippen LogP contribution >= 0.6 is 0 Å². The monoisotopic (exact) mass is 413 g/mol. The van der Waals surface area contributed by atoms with Gasteiger partial charge in [0.15, 0.2) is 11.5 Å². The molecule has 1 aliphatic heterocycles. The molecule has 0 saturated carbocycles. The molecule has 0 aromatic heterocycles. The molecule has 5 heteroatoms. The number of carbonyl (C=O) groups is 2. The van der Waals surface area contributed by atoms with Crippen LogP contribution in [0, 0.1) is 6.92 Å². The number of nitrogens with zero attached hydrogens (tertiary/aromatic N) is 1. The molecule has 31 heavy (non-hydrogen) atoms. The lowest BCUT2D eigenvalue weighted by Gasteiger charge is -2.27. The largest absolute Gasteiger partial charge is 0.508 e. The van der Waals surface area contributed by atoms with Crippen LogP contribution in [0.5, 0.6) is 5.75 Å². The summed E-state index contributed by atoms with van der Waals surface area (Å²) < 4.78 is 0. The van der Waals surface area contributed by atoms with Crippen molar-refractivity contribution >= 4 is 17.4 Å². The summed E-state index contributed by atoms with van der Waals surface area (Å²) in [7, 11) is 0. The van der Waals surface area contributed by atoms with Gasteiger partial charge in [0.1, 0.15) is 5.75 Å². The molecule has 5 nitrogen and oxygen atoms in total. The standard InChI is InChI=1S/C26H23NO4/c1-17-7-5-11-20(15-17)27-24(19-10-6-12-21(28)16-19)23(25(30)26(27)31)22(29)14-13-18-8-3-2-4-9-18/h2-12,15-16,24,28,30H,13-14H2,1H3. The summed E-state index contributed by atoms with van der Waals surface area (Å²) in [6.45, 7) is 1.91. The van der Waals surface area contributed by atoms with Gasteiger partial charge < -0.3 is 10.2 Å². The average Bonchev–Trinajstić information content (AvgIpc) is 3.03. The number of hydrogen-bond donors (Lipinski definition) is 2. The number of carbonyl (C=O) groups excluding carboxylic acids is 2. The first-order valence-corrected chi connectivity index (χ1v) is 10.1. The molecule has 1 atom stereocenters. The number of benzene rings is 3. The zero-order valence-electron chi connectivity index (χ0n) is 17.2. The highest BCUT2D eigenvalue weighted by molar-refractivity contribution is 6.16. The zero-order chi connectivity index (χ0) is 22.0. The second-order valence-electron chi connectivity index (χ2n) is 7.68. The molecule has 0 bridgehead atoms. The Kier molecular flexibility index (Phi) is 5.58. The fraction of sp³-hybridized carbons (Fsp3) is 0.154. The molecule has 1 amide bonds. The van der Waals surface area contributed by atoms with E-state index in [1.165, 1.54) is 17.0 Å². The van der Waals surface area contributed by atoms with Crippen LogP contribution in [0.3, 0.4) is 0 Å². The Morgan fingerprint density at radius 3 is 2.39 bits per heavy atom. The second kappa shape index (κ2) is 8.48. The summed E-state index contributed by atoms with van der Waals surface area (Å²) in [6, 6.07) is 22.6. The summed E-state index contributed by atoms with van der Waals surface area (Å²) >= 11 is 0. The van der Waals surface area contributed by atoms with Crippen molar-refractivity contribution in [1.82, 2.24) is 0 Å². The van der Waals surface area contributed by atoms with Crippen LogP contribution in [0.15, 0.2) is 90.2 Å². The van der Waals surface area contributed by atoms with Crippen molar-refractivity contribution in [3.63, 3.8) is 0 Å². The van der Waals surface area contributed by atoms with Crippen molar-refractivity contribution in [2.24, 2.45) is 0 Å². The van der Waals surface area contributed by atoms with Gasteiger partial charge in [0.05, 0.1) is 11.6 Å². The maximum Gasteiger partial charge on any atom is 0.294 e. The quantitative estimate of drug-likeness (QED) is 0.608. The minimum atomic E-state index is -0.815. The Bertz CT molecular complexity index is 1170. The number of hydrogen-bond acceptors (Lipinski definition) is 4. The molecule has 1 unspecified atom stereocenters. The lowest BCUT2D eigenvalue weighted by atomic mass is 9.93.